The van der Waals surface area contributed by atoms with Gasteiger partial charge in [0.25, 0.3) is 5.91 Å². The first-order valence-corrected chi connectivity index (χ1v) is 10.2. The molecule has 0 aliphatic heterocycles. The smallest absolute Gasteiger partial charge is 0.255 e. The van der Waals surface area contributed by atoms with Crippen LogP contribution in [0.15, 0.2) is 109 Å². The highest BCUT2D eigenvalue weighted by Crippen LogP contribution is 2.26. The highest BCUT2D eigenvalue weighted by atomic mass is 16.2. The average molecular weight is 392 g/mol. The fourth-order valence-electron chi connectivity index (χ4n) is 3.71. The Bertz CT molecular complexity index is 1080. The van der Waals surface area contributed by atoms with Gasteiger partial charge in [0.2, 0.25) is 0 Å². The normalized spacial score (nSPS) is 10.6. The number of amides is 1. The lowest BCUT2D eigenvalue weighted by molar-refractivity contribution is 0.0731. The van der Waals surface area contributed by atoms with Gasteiger partial charge in [-0.1, -0.05) is 109 Å². The molecule has 0 saturated carbocycles. The quantitative estimate of drug-likeness (QED) is 0.367. The highest BCUT2D eigenvalue weighted by molar-refractivity contribution is 6.00. The molecular weight excluding hydrogens is 366 g/mol. The van der Waals surface area contributed by atoms with Crippen LogP contribution in [0.3, 0.4) is 0 Å². The third kappa shape index (κ3) is 4.66. The topological polar surface area (TPSA) is 20.3 Å². The number of carbonyl (C=O) groups is 1. The molecule has 0 aliphatic rings. The minimum Gasteiger partial charge on any atom is -0.330 e. The molecule has 30 heavy (non-hydrogen) atoms. The van der Waals surface area contributed by atoms with E-state index in [1.54, 1.807) is 0 Å². The van der Waals surface area contributed by atoms with E-state index in [4.69, 9.17) is 0 Å². The van der Waals surface area contributed by atoms with Crippen molar-refractivity contribution < 1.29 is 4.79 Å². The minimum atomic E-state index is 0.0415. The van der Waals surface area contributed by atoms with E-state index in [2.05, 4.69) is 49.4 Å². The number of carbonyl (C=O) groups excluding carboxylic acids is 1. The Balaban J connectivity index is 1.71. The molecule has 0 bridgehead atoms. The van der Waals surface area contributed by atoms with Gasteiger partial charge < -0.3 is 4.90 Å². The maximum Gasteiger partial charge on any atom is 0.255 e. The molecule has 4 aromatic carbocycles. The Morgan fingerprint density at radius 1 is 0.667 bits per heavy atom. The van der Waals surface area contributed by atoms with Gasteiger partial charge in [0, 0.05) is 18.7 Å². The fourth-order valence-corrected chi connectivity index (χ4v) is 3.71. The Hall–Kier alpha value is -3.65. The summed E-state index contributed by atoms with van der Waals surface area (Å²) < 4.78 is 0. The van der Waals surface area contributed by atoms with Gasteiger partial charge in [-0.05, 0) is 35.2 Å². The summed E-state index contributed by atoms with van der Waals surface area (Å²) in [4.78, 5) is 15.7. The summed E-state index contributed by atoms with van der Waals surface area (Å²) in [5.74, 6) is 0.0415. The van der Waals surface area contributed by atoms with Crippen molar-refractivity contribution in [3.63, 3.8) is 0 Å². The van der Waals surface area contributed by atoms with Gasteiger partial charge in [0.1, 0.15) is 0 Å². The second-order valence-electron chi connectivity index (χ2n) is 7.55. The van der Waals surface area contributed by atoms with Crippen molar-refractivity contribution >= 4 is 5.91 Å². The lowest BCUT2D eigenvalue weighted by Crippen LogP contribution is -2.30. The maximum atomic E-state index is 13.8. The largest absolute Gasteiger partial charge is 0.330 e. The van der Waals surface area contributed by atoms with Crippen molar-refractivity contribution in [3.05, 3.63) is 131 Å². The summed E-state index contributed by atoms with van der Waals surface area (Å²) in [5.41, 5.74) is 6.19. The number of nitrogens with zero attached hydrogens (tertiary/aromatic N) is 1. The number of hydrogen-bond acceptors (Lipinski definition) is 1. The molecule has 0 aliphatic carbocycles. The highest BCUT2D eigenvalue weighted by Gasteiger charge is 2.20. The third-order valence-electron chi connectivity index (χ3n) is 5.21. The molecule has 0 saturated heterocycles. The zero-order valence-corrected chi connectivity index (χ0v) is 17.2. The molecule has 0 spiro atoms. The molecule has 4 rings (SSSR count). The van der Waals surface area contributed by atoms with Crippen LogP contribution in [-0.4, -0.2) is 10.8 Å². The summed E-state index contributed by atoms with van der Waals surface area (Å²) in [5, 5.41) is 0. The molecule has 4 aromatic rings. The Morgan fingerprint density at radius 3 is 1.83 bits per heavy atom. The van der Waals surface area contributed by atoms with Crippen molar-refractivity contribution in [2.24, 2.45) is 0 Å². The molecule has 0 heterocycles. The summed E-state index contributed by atoms with van der Waals surface area (Å²) in [6.45, 7) is 3.21. The van der Waals surface area contributed by atoms with Gasteiger partial charge >= 0.3 is 0 Å². The summed E-state index contributed by atoms with van der Waals surface area (Å²) in [7, 11) is 0. The van der Waals surface area contributed by atoms with Crippen molar-refractivity contribution in [2.45, 2.75) is 20.0 Å². The second kappa shape index (κ2) is 9.23. The van der Waals surface area contributed by atoms with Crippen molar-refractivity contribution in [1.82, 2.24) is 4.90 Å². The Kier molecular flexibility index (Phi) is 6.05. The van der Waals surface area contributed by atoms with Crippen LogP contribution in [0.2, 0.25) is 0 Å². The van der Waals surface area contributed by atoms with Crippen LogP contribution in [0.1, 0.15) is 27.0 Å². The van der Waals surface area contributed by atoms with E-state index < -0.39 is 0 Å². The first kappa shape index (κ1) is 19.7. The van der Waals surface area contributed by atoms with E-state index in [-0.39, 0.29) is 5.91 Å². The van der Waals surface area contributed by atoms with E-state index in [1.807, 2.05) is 71.6 Å². The monoisotopic (exact) mass is 391 g/mol. The molecule has 2 heteroatoms. The van der Waals surface area contributed by atoms with Crippen LogP contribution < -0.4 is 0 Å². The van der Waals surface area contributed by atoms with E-state index in [0.29, 0.717) is 13.1 Å². The predicted octanol–water partition coefficient (Wildman–Crippen LogP) is 6.50. The van der Waals surface area contributed by atoms with E-state index in [9.17, 15) is 4.79 Å². The zero-order valence-electron chi connectivity index (χ0n) is 17.2. The van der Waals surface area contributed by atoms with Crippen LogP contribution in [0.4, 0.5) is 0 Å². The molecule has 0 fully saturated rings. The van der Waals surface area contributed by atoms with Gasteiger partial charge in [0.15, 0.2) is 0 Å². The van der Waals surface area contributed by atoms with E-state index in [0.717, 1.165) is 27.8 Å². The molecular formula is C28H25NO. The standard InChI is InChI=1S/C28H25NO/c1-22-11-10-16-25(19-22)26-17-8-9-18-27(26)28(30)29(20-23-12-4-2-5-13-23)21-24-14-6-3-7-15-24/h2-19H,20-21H2,1H3. The van der Waals surface area contributed by atoms with Gasteiger partial charge in [0.05, 0.1) is 0 Å². The first-order chi connectivity index (χ1) is 14.7. The molecule has 0 atom stereocenters. The molecule has 0 radical (unpaired) electrons. The van der Waals surface area contributed by atoms with Crippen molar-refractivity contribution in [3.8, 4) is 11.1 Å². The van der Waals surface area contributed by atoms with Crippen molar-refractivity contribution in [1.29, 1.82) is 0 Å². The summed E-state index contributed by atoms with van der Waals surface area (Å²) in [6, 6.07) is 36.5. The first-order valence-electron chi connectivity index (χ1n) is 10.2. The van der Waals surface area contributed by atoms with E-state index >= 15 is 0 Å². The zero-order chi connectivity index (χ0) is 20.8. The molecule has 148 valence electrons. The van der Waals surface area contributed by atoms with Crippen LogP contribution in [0.5, 0.6) is 0 Å². The molecule has 2 nitrogen and oxygen atoms in total. The predicted molar refractivity (Wildman–Crippen MR) is 123 cm³/mol. The molecule has 0 aromatic heterocycles. The van der Waals surface area contributed by atoms with Crippen LogP contribution >= 0.6 is 0 Å². The fraction of sp³-hybridized carbons (Fsp3) is 0.107. The van der Waals surface area contributed by atoms with Gasteiger partial charge in [-0.2, -0.15) is 0 Å². The van der Waals surface area contributed by atoms with Crippen LogP contribution in [0, 0.1) is 6.92 Å². The summed E-state index contributed by atoms with van der Waals surface area (Å²) in [6.07, 6.45) is 0. The van der Waals surface area contributed by atoms with Crippen LogP contribution in [0.25, 0.3) is 11.1 Å². The Morgan fingerprint density at radius 2 is 1.23 bits per heavy atom. The van der Waals surface area contributed by atoms with E-state index in [1.165, 1.54) is 5.56 Å². The minimum absolute atomic E-state index is 0.0415. The summed E-state index contributed by atoms with van der Waals surface area (Å²) >= 11 is 0. The number of benzene rings is 4. The van der Waals surface area contributed by atoms with Gasteiger partial charge in [-0.15, -0.1) is 0 Å². The third-order valence-corrected chi connectivity index (χ3v) is 5.21. The number of rotatable bonds is 6. The second-order valence-corrected chi connectivity index (χ2v) is 7.55. The molecule has 0 unspecified atom stereocenters. The van der Waals surface area contributed by atoms with Crippen LogP contribution in [-0.2, 0) is 13.1 Å². The average Bonchev–Trinajstić information content (AvgIpc) is 2.79. The Labute approximate surface area is 178 Å². The molecule has 1 amide bonds. The maximum absolute atomic E-state index is 13.8. The lowest BCUT2D eigenvalue weighted by atomic mass is 9.97. The van der Waals surface area contributed by atoms with Gasteiger partial charge in [-0.3, -0.25) is 4.79 Å². The molecule has 0 N–H and O–H groups in total. The lowest BCUT2D eigenvalue weighted by Gasteiger charge is -2.24. The van der Waals surface area contributed by atoms with Crippen molar-refractivity contribution in [2.75, 3.05) is 0 Å². The number of hydrogen-bond donors (Lipinski definition) is 0. The number of aryl methyl sites for hydroxylation is 1. The van der Waals surface area contributed by atoms with Gasteiger partial charge in [-0.25, -0.2) is 0 Å². The SMILES string of the molecule is Cc1cccc(-c2ccccc2C(=O)N(Cc2ccccc2)Cc2ccccc2)c1.